The van der Waals surface area contributed by atoms with Crippen LogP contribution < -0.4 is 4.90 Å². The molecule has 0 N–H and O–H groups in total. The Morgan fingerprint density at radius 2 is 1.95 bits per heavy atom. The molecule has 0 aromatic heterocycles. The fraction of sp³-hybridized carbons (Fsp3) is 0.467. The summed E-state index contributed by atoms with van der Waals surface area (Å²) < 4.78 is 4.82. The molecule has 0 radical (unpaired) electrons. The molecule has 19 heavy (non-hydrogen) atoms. The van der Waals surface area contributed by atoms with Crippen LogP contribution in [0.25, 0.3) is 0 Å². The molecule has 4 nitrogen and oxygen atoms in total. The molecule has 0 unspecified atom stereocenters. The zero-order chi connectivity index (χ0) is 13.7. The molecule has 1 aromatic carbocycles. The summed E-state index contributed by atoms with van der Waals surface area (Å²) in [6.07, 6.45) is 4.69. The molecule has 0 saturated carbocycles. The zero-order valence-corrected chi connectivity index (χ0v) is 11.2. The van der Waals surface area contributed by atoms with Crippen molar-refractivity contribution in [2.45, 2.75) is 25.7 Å². The van der Waals surface area contributed by atoms with E-state index in [1.165, 1.54) is 20.0 Å². The fourth-order valence-corrected chi connectivity index (χ4v) is 2.46. The van der Waals surface area contributed by atoms with Crippen LogP contribution in [0.5, 0.6) is 0 Å². The first kappa shape index (κ1) is 13.4. The summed E-state index contributed by atoms with van der Waals surface area (Å²) in [5, 5.41) is 9.02. The molecule has 1 aliphatic heterocycles. The van der Waals surface area contributed by atoms with Crippen LogP contribution >= 0.6 is 0 Å². The Morgan fingerprint density at radius 3 is 2.53 bits per heavy atom. The van der Waals surface area contributed by atoms with Gasteiger partial charge in [0.15, 0.2) is 0 Å². The number of hydrogen-bond acceptors (Lipinski definition) is 4. The average molecular weight is 258 g/mol. The number of rotatable bonds is 2. The second-order valence-corrected chi connectivity index (χ2v) is 4.74. The van der Waals surface area contributed by atoms with Crippen LogP contribution in [0.4, 0.5) is 5.69 Å². The number of anilines is 1. The SMILES string of the molecule is COC(=O)c1ccc(C#N)cc1N1CCCCCC1. The Hall–Kier alpha value is -2.02. The molecule has 1 fully saturated rings. The Morgan fingerprint density at radius 1 is 1.26 bits per heavy atom. The second kappa shape index (κ2) is 6.24. The van der Waals surface area contributed by atoms with Crippen molar-refractivity contribution in [1.82, 2.24) is 0 Å². The summed E-state index contributed by atoms with van der Waals surface area (Å²) in [7, 11) is 1.38. The number of methoxy groups -OCH3 is 1. The van der Waals surface area contributed by atoms with E-state index in [2.05, 4.69) is 11.0 Å². The van der Waals surface area contributed by atoms with Gasteiger partial charge in [-0.25, -0.2) is 4.79 Å². The van der Waals surface area contributed by atoms with Gasteiger partial charge >= 0.3 is 5.97 Å². The molecule has 0 aliphatic carbocycles. The lowest BCUT2D eigenvalue weighted by molar-refractivity contribution is 0.0601. The second-order valence-electron chi connectivity index (χ2n) is 4.74. The number of esters is 1. The van der Waals surface area contributed by atoms with Gasteiger partial charge in [-0.15, -0.1) is 0 Å². The minimum Gasteiger partial charge on any atom is -0.465 e. The molecule has 1 aromatic rings. The van der Waals surface area contributed by atoms with Gasteiger partial charge in [-0.1, -0.05) is 12.8 Å². The quantitative estimate of drug-likeness (QED) is 0.765. The zero-order valence-electron chi connectivity index (χ0n) is 11.2. The van der Waals surface area contributed by atoms with Crippen molar-refractivity contribution in [3.63, 3.8) is 0 Å². The van der Waals surface area contributed by atoms with Crippen molar-refractivity contribution < 1.29 is 9.53 Å². The minimum absolute atomic E-state index is 0.344. The van der Waals surface area contributed by atoms with E-state index in [0.717, 1.165) is 31.6 Å². The highest BCUT2D eigenvalue weighted by Crippen LogP contribution is 2.25. The molecular weight excluding hydrogens is 240 g/mol. The van der Waals surface area contributed by atoms with Crippen LogP contribution in [0.1, 0.15) is 41.6 Å². The largest absolute Gasteiger partial charge is 0.465 e. The first-order valence-electron chi connectivity index (χ1n) is 6.63. The molecule has 0 spiro atoms. The van der Waals surface area contributed by atoms with Gasteiger partial charge in [0, 0.05) is 13.1 Å². The fourth-order valence-electron chi connectivity index (χ4n) is 2.46. The molecule has 2 rings (SSSR count). The van der Waals surface area contributed by atoms with Crippen molar-refractivity contribution in [2.24, 2.45) is 0 Å². The highest BCUT2D eigenvalue weighted by molar-refractivity contribution is 5.96. The molecule has 1 aliphatic rings. The van der Waals surface area contributed by atoms with Crippen LogP contribution in [0.2, 0.25) is 0 Å². The van der Waals surface area contributed by atoms with E-state index in [4.69, 9.17) is 10.00 Å². The van der Waals surface area contributed by atoms with Gasteiger partial charge in [0.1, 0.15) is 0 Å². The third-order valence-corrected chi connectivity index (χ3v) is 3.48. The van der Waals surface area contributed by atoms with Gasteiger partial charge in [0.2, 0.25) is 0 Å². The number of carbonyl (C=O) groups excluding carboxylic acids is 1. The Labute approximate surface area is 113 Å². The van der Waals surface area contributed by atoms with E-state index in [1.54, 1.807) is 18.2 Å². The van der Waals surface area contributed by atoms with Crippen molar-refractivity contribution in [3.05, 3.63) is 29.3 Å². The van der Waals surface area contributed by atoms with Crippen LogP contribution in [-0.4, -0.2) is 26.2 Å². The summed E-state index contributed by atoms with van der Waals surface area (Å²) in [4.78, 5) is 14.0. The van der Waals surface area contributed by atoms with Gasteiger partial charge < -0.3 is 9.64 Å². The van der Waals surface area contributed by atoms with Gasteiger partial charge in [-0.2, -0.15) is 5.26 Å². The van der Waals surface area contributed by atoms with Crippen molar-refractivity contribution in [2.75, 3.05) is 25.1 Å². The Bertz CT molecular complexity index is 497. The predicted molar refractivity (Wildman–Crippen MR) is 73.2 cm³/mol. The van der Waals surface area contributed by atoms with E-state index in [-0.39, 0.29) is 5.97 Å². The number of ether oxygens (including phenoxy) is 1. The third-order valence-electron chi connectivity index (χ3n) is 3.48. The van der Waals surface area contributed by atoms with Crippen LogP contribution in [0.15, 0.2) is 18.2 Å². The summed E-state index contributed by atoms with van der Waals surface area (Å²) in [6.45, 7) is 1.86. The smallest absolute Gasteiger partial charge is 0.339 e. The van der Waals surface area contributed by atoms with Gasteiger partial charge in [0.25, 0.3) is 0 Å². The van der Waals surface area contributed by atoms with E-state index in [0.29, 0.717) is 11.1 Å². The van der Waals surface area contributed by atoms with E-state index < -0.39 is 0 Å². The number of nitriles is 1. The van der Waals surface area contributed by atoms with Gasteiger partial charge in [-0.3, -0.25) is 0 Å². The monoisotopic (exact) mass is 258 g/mol. The van der Waals surface area contributed by atoms with Crippen molar-refractivity contribution >= 4 is 11.7 Å². The standard InChI is InChI=1S/C15H18N2O2/c1-19-15(18)13-7-6-12(11-16)10-14(13)17-8-4-2-3-5-9-17/h6-7,10H,2-5,8-9H2,1H3. The molecule has 0 amide bonds. The van der Waals surface area contributed by atoms with Gasteiger partial charge in [0.05, 0.1) is 30.0 Å². The maximum Gasteiger partial charge on any atom is 0.339 e. The molecule has 1 heterocycles. The van der Waals surface area contributed by atoms with Crippen molar-refractivity contribution in [3.8, 4) is 6.07 Å². The first-order chi connectivity index (χ1) is 9.26. The highest BCUT2D eigenvalue weighted by atomic mass is 16.5. The van der Waals surface area contributed by atoms with E-state index in [1.807, 2.05) is 0 Å². The topological polar surface area (TPSA) is 53.3 Å². The van der Waals surface area contributed by atoms with Crippen molar-refractivity contribution in [1.29, 1.82) is 5.26 Å². The molecular formula is C15H18N2O2. The maximum absolute atomic E-state index is 11.8. The summed E-state index contributed by atoms with van der Waals surface area (Å²) in [5.41, 5.74) is 1.95. The van der Waals surface area contributed by atoms with E-state index >= 15 is 0 Å². The van der Waals surface area contributed by atoms with Gasteiger partial charge in [-0.05, 0) is 31.0 Å². The summed E-state index contributed by atoms with van der Waals surface area (Å²) in [5.74, 6) is -0.344. The number of carbonyl (C=O) groups is 1. The van der Waals surface area contributed by atoms with Crippen LogP contribution in [-0.2, 0) is 4.74 Å². The number of nitrogens with zero attached hydrogens (tertiary/aromatic N) is 2. The lowest BCUT2D eigenvalue weighted by Gasteiger charge is -2.24. The molecule has 1 saturated heterocycles. The Kier molecular flexibility index (Phi) is 4.40. The maximum atomic E-state index is 11.8. The molecule has 100 valence electrons. The van der Waals surface area contributed by atoms with Crippen LogP contribution in [0, 0.1) is 11.3 Å². The lowest BCUT2D eigenvalue weighted by Crippen LogP contribution is -2.26. The third kappa shape index (κ3) is 3.05. The van der Waals surface area contributed by atoms with E-state index in [9.17, 15) is 4.79 Å². The molecule has 0 atom stereocenters. The summed E-state index contributed by atoms with van der Waals surface area (Å²) in [6, 6.07) is 7.26. The first-order valence-corrected chi connectivity index (χ1v) is 6.63. The molecule has 0 bridgehead atoms. The molecule has 4 heteroatoms. The minimum atomic E-state index is -0.344. The predicted octanol–water partition coefficient (Wildman–Crippen LogP) is 2.73. The lowest BCUT2D eigenvalue weighted by atomic mass is 10.1. The highest BCUT2D eigenvalue weighted by Gasteiger charge is 2.18. The summed E-state index contributed by atoms with van der Waals surface area (Å²) >= 11 is 0. The average Bonchev–Trinajstić information content (AvgIpc) is 2.74. The number of benzene rings is 1. The van der Waals surface area contributed by atoms with Crippen LogP contribution in [0.3, 0.4) is 0 Å². The Balaban J connectivity index is 2.39. The number of hydrogen-bond donors (Lipinski definition) is 0. The normalized spacial score (nSPS) is 15.5.